The van der Waals surface area contributed by atoms with Gasteiger partial charge in [0, 0.05) is 59.6 Å². The highest BCUT2D eigenvalue weighted by molar-refractivity contribution is 6.19. The van der Waals surface area contributed by atoms with Crippen molar-refractivity contribution in [3.8, 4) is 5.75 Å². The van der Waals surface area contributed by atoms with E-state index in [9.17, 15) is 14.7 Å². The Kier molecular flexibility index (Phi) is 4.74. The van der Waals surface area contributed by atoms with Gasteiger partial charge in [0.1, 0.15) is 11.4 Å². The molecule has 2 aromatic heterocycles. The van der Waals surface area contributed by atoms with E-state index in [1.807, 2.05) is 19.2 Å². The quantitative estimate of drug-likeness (QED) is 0.297. The van der Waals surface area contributed by atoms with Crippen molar-refractivity contribution in [1.29, 1.82) is 0 Å². The van der Waals surface area contributed by atoms with Crippen molar-refractivity contribution in [2.24, 2.45) is 0 Å². The predicted octanol–water partition coefficient (Wildman–Crippen LogP) is 4.40. The molecule has 3 amide bonds. The molecule has 2 aromatic carbocycles. The van der Waals surface area contributed by atoms with Gasteiger partial charge in [-0.2, -0.15) is 0 Å². The Balaban J connectivity index is 1.55. The van der Waals surface area contributed by atoms with Crippen LogP contribution in [0.3, 0.4) is 0 Å². The summed E-state index contributed by atoms with van der Waals surface area (Å²) in [6.07, 6.45) is 1.85. The first kappa shape index (κ1) is 20.3. The molecule has 0 bridgehead atoms. The lowest BCUT2D eigenvalue weighted by Gasteiger charge is -2.17. The van der Waals surface area contributed by atoms with Crippen LogP contribution < -0.4 is 15.5 Å². The number of aryl methyl sites for hydroxylation is 1. The maximum absolute atomic E-state index is 13.5. The number of aromatic hydroxyl groups is 1. The number of amides is 3. The van der Waals surface area contributed by atoms with Crippen LogP contribution in [0, 0.1) is 6.92 Å². The van der Waals surface area contributed by atoms with E-state index >= 15 is 0 Å². The number of urea groups is 1. The monoisotopic (exact) mass is 451 g/mol. The molecule has 1 aliphatic rings. The van der Waals surface area contributed by atoms with Crippen molar-refractivity contribution in [2.75, 3.05) is 29.7 Å². The number of nitrogens with one attached hydrogen (secondary N) is 4. The number of aromatic nitrogens is 2. The smallest absolute Gasteiger partial charge is 0.318 e. The minimum absolute atomic E-state index is 0.0408. The SMILES string of the molecule is CNC(=O)Nc1ccc2[nH]c(C(=O)N3CC(CCl)c4c3cc(O)c3[nH]cc(C)c43)cc2c1. The van der Waals surface area contributed by atoms with E-state index in [-0.39, 0.29) is 23.6 Å². The molecule has 0 spiro atoms. The van der Waals surface area contributed by atoms with Gasteiger partial charge in [-0.15, -0.1) is 11.6 Å². The van der Waals surface area contributed by atoms with Crippen molar-refractivity contribution in [3.63, 3.8) is 0 Å². The number of hydrogen-bond acceptors (Lipinski definition) is 3. The van der Waals surface area contributed by atoms with Gasteiger partial charge in [-0.25, -0.2) is 4.79 Å². The van der Waals surface area contributed by atoms with Crippen molar-refractivity contribution in [1.82, 2.24) is 15.3 Å². The average Bonchev–Trinajstić information content (AvgIpc) is 3.48. The Bertz CT molecular complexity index is 1390. The Morgan fingerprint density at radius 1 is 1.28 bits per heavy atom. The zero-order chi connectivity index (χ0) is 22.6. The van der Waals surface area contributed by atoms with E-state index < -0.39 is 0 Å². The lowest BCUT2D eigenvalue weighted by atomic mass is 9.97. The minimum Gasteiger partial charge on any atom is -0.506 e. The van der Waals surface area contributed by atoms with Gasteiger partial charge >= 0.3 is 6.03 Å². The molecule has 9 heteroatoms. The molecule has 32 heavy (non-hydrogen) atoms. The van der Waals surface area contributed by atoms with Gasteiger partial charge in [0.2, 0.25) is 0 Å². The van der Waals surface area contributed by atoms with Crippen LogP contribution in [0.25, 0.3) is 21.8 Å². The molecular weight excluding hydrogens is 430 g/mol. The fourth-order valence-corrected chi connectivity index (χ4v) is 4.76. The Hall–Kier alpha value is -3.65. The number of H-pyrrole nitrogens is 2. The van der Waals surface area contributed by atoms with Crippen LogP contribution >= 0.6 is 11.6 Å². The number of rotatable bonds is 3. The van der Waals surface area contributed by atoms with E-state index in [1.165, 1.54) is 0 Å². The number of anilines is 2. The normalized spacial score (nSPS) is 15.3. The van der Waals surface area contributed by atoms with E-state index in [4.69, 9.17) is 11.6 Å². The molecule has 5 N–H and O–H groups in total. The largest absolute Gasteiger partial charge is 0.506 e. The standard InChI is InChI=1S/C23H22ClN5O3/c1-11-9-26-21-18(30)7-17-20(19(11)21)13(8-24)10-29(17)22(31)16-6-12-5-14(27-23(32)25-2)3-4-15(12)28-16/h3-7,9,13,26,28,30H,8,10H2,1-2H3,(H2,25,27,32). The molecule has 4 aromatic rings. The van der Waals surface area contributed by atoms with Crippen LogP contribution in [0.2, 0.25) is 0 Å². The summed E-state index contributed by atoms with van der Waals surface area (Å²) in [5, 5.41) is 17.5. The maximum Gasteiger partial charge on any atom is 0.318 e. The fraction of sp³-hybridized carbons (Fsp3) is 0.217. The van der Waals surface area contributed by atoms with Crippen molar-refractivity contribution < 1.29 is 14.7 Å². The van der Waals surface area contributed by atoms with E-state index in [0.29, 0.717) is 35.0 Å². The van der Waals surface area contributed by atoms with Gasteiger partial charge in [-0.05, 0) is 42.3 Å². The first-order valence-electron chi connectivity index (χ1n) is 10.2. The first-order valence-corrected chi connectivity index (χ1v) is 10.8. The van der Waals surface area contributed by atoms with Crippen molar-refractivity contribution in [2.45, 2.75) is 12.8 Å². The zero-order valence-corrected chi connectivity index (χ0v) is 18.3. The van der Waals surface area contributed by atoms with E-state index in [1.54, 1.807) is 36.2 Å². The van der Waals surface area contributed by atoms with Gasteiger partial charge in [0.25, 0.3) is 5.91 Å². The van der Waals surface area contributed by atoms with E-state index in [2.05, 4.69) is 20.6 Å². The molecular formula is C23H22ClN5O3. The second kappa shape index (κ2) is 7.49. The van der Waals surface area contributed by atoms with Crippen LogP contribution in [-0.4, -0.2) is 46.5 Å². The number of aromatic amines is 2. The second-order valence-corrected chi connectivity index (χ2v) is 8.31. The first-order chi connectivity index (χ1) is 15.4. The molecule has 0 radical (unpaired) electrons. The topological polar surface area (TPSA) is 113 Å². The Labute approximate surface area is 188 Å². The molecule has 0 saturated carbocycles. The Morgan fingerprint density at radius 2 is 2.09 bits per heavy atom. The van der Waals surface area contributed by atoms with Crippen molar-refractivity contribution >= 4 is 56.7 Å². The molecule has 1 aliphatic heterocycles. The highest BCUT2D eigenvalue weighted by Gasteiger charge is 2.36. The lowest BCUT2D eigenvalue weighted by Crippen LogP contribution is -2.30. The number of nitrogens with zero attached hydrogens (tertiary/aromatic N) is 1. The molecule has 0 saturated heterocycles. The van der Waals surface area contributed by atoms with Gasteiger partial charge in [-0.1, -0.05) is 0 Å². The Morgan fingerprint density at radius 3 is 2.84 bits per heavy atom. The van der Waals surface area contributed by atoms with Gasteiger partial charge in [0.05, 0.1) is 11.2 Å². The molecule has 8 nitrogen and oxygen atoms in total. The number of carbonyl (C=O) groups is 2. The second-order valence-electron chi connectivity index (χ2n) is 8.01. The number of alkyl halides is 1. The molecule has 1 unspecified atom stereocenters. The van der Waals surface area contributed by atoms with Gasteiger partial charge < -0.3 is 30.6 Å². The van der Waals surface area contributed by atoms with E-state index in [0.717, 1.165) is 27.4 Å². The minimum atomic E-state index is -0.317. The van der Waals surface area contributed by atoms with Crippen LogP contribution in [0.4, 0.5) is 16.2 Å². The number of carbonyl (C=O) groups excluding carboxylic acids is 2. The number of phenols is 1. The van der Waals surface area contributed by atoms with Crippen LogP contribution in [0.1, 0.15) is 27.5 Å². The summed E-state index contributed by atoms with van der Waals surface area (Å²) in [4.78, 5) is 33.0. The number of benzene rings is 2. The maximum atomic E-state index is 13.5. The number of halogens is 1. The number of fused-ring (bicyclic) bond motifs is 4. The highest BCUT2D eigenvalue weighted by atomic mass is 35.5. The summed E-state index contributed by atoms with van der Waals surface area (Å²) >= 11 is 6.29. The van der Waals surface area contributed by atoms with Crippen molar-refractivity contribution in [3.05, 3.63) is 53.3 Å². The molecule has 5 rings (SSSR count). The molecule has 3 heterocycles. The van der Waals surface area contributed by atoms with Crippen LogP contribution in [0.15, 0.2) is 36.5 Å². The molecule has 0 fully saturated rings. The summed E-state index contributed by atoms with van der Waals surface area (Å²) in [5.41, 5.74) is 5.14. The predicted molar refractivity (Wildman–Crippen MR) is 126 cm³/mol. The van der Waals surface area contributed by atoms with Crippen LogP contribution in [0.5, 0.6) is 5.75 Å². The van der Waals surface area contributed by atoms with Crippen LogP contribution in [-0.2, 0) is 0 Å². The highest BCUT2D eigenvalue weighted by Crippen LogP contribution is 2.46. The zero-order valence-electron chi connectivity index (χ0n) is 17.5. The summed E-state index contributed by atoms with van der Waals surface area (Å²) in [7, 11) is 1.55. The molecule has 1 atom stereocenters. The van der Waals surface area contributed by atoms with Gasteiger partial charge in [0.15, 0.2) is 0 Å². The van der Waals surface area contributed by atoms with Gasteiger partial charge in [-0.3, -0.25) is 4.79 Å². The lowest BCUT2D eigenvalue weighted by molar-refractivity contribution is 0.0984. The summed E-state index contributed by atoms with van der Waals surface area (Å²) in [6.45, 7) is 2.40. The number of phenolic OH excluding ortho intramolecular Hbond substituents is 1. The average molecular weight is 452 g/mol. The summed E-state index contributed by atoms with van der Waals surface area (Å²) in [6, 6.07) is 8.46. The summed E-state index contributed by atoms with van der Waals surface area (Å²) < 4.78 is 0. The third kappa shape index (κ3) is 3.06. The third-order valence-electron chi connectivity index (χ3n) is 6.02. The number of hydrogen-bond donors (Lipinski definition) is 5. The summed E-state index contributed by atoms with van der Waals surface area (Å²) in [5.74, 6) is 0.216. The third-order valence-corrected chi connectivity index (χ3v) is 6.39. The fourth-order valence-electron chi connectivity index (χ4n) is 4.51. The molecule has 0 aliphatic carbocycles. The molecule has 164 valence electrons.